The number of aliphatic hydroxyl groups is 1. The van der Waals surface area contributed by atoms with Gasteiger partial charge in [0.05, 0.1) is 18.7 Å². The Balaban J connectivity index is 1.87. The largest absolute Gasteiger partial charge is 0.507 e. The molecule has 1 saturated heterocycles. The maximum absolute atomic E-state index is 13.1. The van der Waals surface area contributed by atoms with Crippen molar-refractivity contribution in [1.82, 2.24) is 9.88 Å². The highest BCUT2D eigenvalue weighted by molar-refractivity contribution is 6.46. The summed E-state index contributed by atoms with van der Waals surface area (Å²) in [4.78, 5) is 31.7. The smallest absolute Gasteiger partial charge is 0.295 e. The molecule has 1 amide bonds. The highest BCUT2D eigenvalue weighted by atomic mass is 35.5. The lowest BCUT2D eigenvalue weighted by Gasteiger charge is -2.25. The molecule has 4 rings (SSSR count). The first-order chi connectivity index (χ1) is 15.4. The summed E-state index contributed by atoms with van der Waals surface area (Å²) in [5.41, 5.74) is 2.66. The van der Waals surface area contributed by atoms with Crippen molar-refractivity contribution >= 4 is 29.1 Å². The van der Waals surface area contributed by atoms with Crippen LogP contribution in [0.5, 0.6) is 5.75 Å². The van der Waals surface area contributed by atoms with E-state index < -0.39 is 17.7 Å². The van der Waals surface area contributed by atoms with Crippen molar-refractivity contribution in [3.8, 4) is 5.75 Å². The number of carbonyl (C=O) groups is 2. The number of halogens is 1. The van der Waals surface area contributed by atoms with E-state index in [2.05, 4.69) is 4.98 Å². The average Bonchev–Trinajstić information content (AvgIpc) is 3.04. The molecule has 1 aliphatic rings. The van der Waals surface area contributed by atoms with E-state index in [1.54, 1.807) is 75.0 Å². The van der Waals surface area contributed by atoms with Crippen LogP contribution in [0.3, 0.4) is 0 Å². The first-order valence-corrected chi connectivity index (χ1v) is 10.4. The van der Waals surface area contributed by atoms with Crippen molar-refractivity contribution < 1.29 is 19.4 Å². The molecule has 1 N–H and O–H groups in total. The van der Waals surface area contributed by atoms with Crippen LogP contribution in [-0.2, 0) is 16.1 Å². The van der Waals surface area contributed by atoms with Gasteiger partial charge in [-0.25, -0.2) is 0 Å². The lowest BCUT2D eigenvalue weighted by Crippen LogP contribution is -2.29. The lowest BCUT2D eigenvalue weighted by molar-refractivity contribution is -0.140. The Morgan fingerprint density at radius 3 is 2.53 bits per heavy atom. The summed E-state index contributed by atoms with van der Waals surface area (Å²) in [7, 11) is 1.55. The van der Waals surface area contributed by atoms with Gasteiger partial charge < -0.3 is 14.7 Å². The molecular formula is C25H21ClN2O4. The molecule has 1 aliphatic heterocycles. The standard InChI is InChI=1S/C25H21ClN2O4/c1-15-12-19(32-2)9-10-20(15)23(29)21-22(17-5-7-18(26)8-6-17)28(25(31)24(21)30)14-16-4-3-11-27-13-16/h3-13,22,29H,14H2,1-2H3/b23-21+/t22-/m1/s1. The molecular weight excluding hydrogens is 428 g/mol. The zero-order valence-electron chi connectivity index (χ0n) is 17.6. The normalized spacial score (nSPS) is 17.6. The molecule has 0 radical (unpaired) electrons. The molecule has 1 fully saturated rings. The molecule has 6 nitrogen and oxygen atoms in total. The Bertz CT molecular complexity index is 1210. The fraction of sp³-hybridized carbons (Fsp3) is 0.160. The number of aliphatic hydroxyl groups excluding tert-OH is 1. The van der Waals surface area contributed by atoms with Gasteiger partial charge in [0, 0.05) is 29.5 Å². The first kappa shape index (κ1) is 21.6. The molecule has 7 heteroatoms. The number of Topliss-reactive ketones (excluding diaryl/α,β-unsaturated/α-hetero) is 1. The number of hydrogen-bond donors (Lipinski definition) is 1. The fourth-order valence-electron chi connectivity index (χ4n) is 3.90. The van der Waals surface area contributed by atoms with Crippen molar-refractivity contribution in [3.05, 3.63) is 99.8 Å². The molecule has 3 aromatic rings. The van der Waals surface area contributed by atoms with E-state index in [0.29, 0.717) is 21.9 Å². The maximum atomic E-state index is 13.1. The summed E-state index contributed by atoms with van der Waals surface area (Å²) in [5.74, 6) is -1.01. The average molecular weight is 449 g/mol. The third-order valence-electron chi connectivity index (χ3n) is 5.49. The molecule has 2 aromatic carbocycles. The third kappa shape index (κ3) is 3.97. The Labute approximate surface area is 190 Å². The third-order valence-corrected chi connectivity index (χ3v) is 5.74. The summed E-state index contributed by atoms with van der Waals surface area (Å²) in [6, 6.07) is 14.9. The van der Waals surface area contributed by atoms with Crippen LogP contribution in [0.1, 0.15) is 28.3 Å². The molecule has 1 aromatic heterocycles. The van der Waals surface area contributed by atoms with Gasteiger partial charge >= 0.3 is 0 Å². The van der Waals surface area contributed by atoms with Gasteiger partial charge in [-0.15, -0.1) is 0 Å². The minimum absolute atomic E-state index is 0.0366. The molecule has 1 atom stereocenters. The van der Waals surface area contributed by atoms with Gasteiger partial charge in [-0.3, -0.25) is 14.6 Å². The molecule has 0 saturated carbocycles. The summed E-state index contributed by atoms with van der Waals surface area (Å²) in [5, 5.41) is 11.8. The molecule has 32 heavy (non-hydrogen) atoms. The van der Waals surface area contributed by atoms with Crippen LogP contribution >= 0.6 is 11.6 Å². The second-order valence-corrected chi connectivity index (χ2v) is 7.96. The number of carbonyl (C=O) groups excluding carboxylic acids is 2. The van der Waals surface area contributed by atoms with Crippen molar-refractivity contribution in [2.45, 2.75) is 19.5 Å². The number of aromatic nitrogens is 1. The number of methoxy groups -OCH3 is 1. The molecule has 0 aliphatic carbocycles. The van der Waals surface area contributed by atoms with Gasteiger partial charge in [0.2, 0.25) is 0 Å². The van der Waals surface area contributed by atoms with E-state index in [1.165, 1.54) is 4.90 Å². The van der Waals surface area contributed by atoms with E-state index in [1.807, 2.05) is 6.07 Å². The fourth-order valence-corrected chi connectivity index (χ4v) is 4.02. The highest BCUT2D eigenvalue weighted by Gasteiger charge is 2.46. The van der Waals surface area contributed by atoms with Gasteiger partial charge in [-0.1, -0.05) is 29.8 Å². The van der Waals surface area contributed by atoms with Crippen molar-refractivity contribution in [3.63, 3.8) is 0 Å². The highest BCUT2D eigenvalue weighted by Crippen LogP contribution is 2.41. The first-order valence-electron chi connectivity index (χ1n) is 9.98. The quantitative estimate of drug-likeness (QED) is 0.348. The number of ether oxygens (including phenoxy) is 1. The number of rotatable bonds is 5. The molecule has 162 valence electrons. The number of benzene rings is 2. The van der Waals surface area contributed by atoms with Crippen molar-refractivity contribution in [1.29, 1.82) is 0 Å². The summed E-state index contributed by atoms with van der Waals surface area (Å²) < 4.78 is 5.23. The predicted octanol–water partition coefficient (Wildman–Crippen LogP) is 4.67. The van der Waals surface area contributed by atoms with Crippen LogP contribution in [0, 0.1) is 6.92 Å². The number of amides is 1. The number of hydrogen-bond acceptors (Lipinski definition) is 5. The van der Waals surface area contributed by atoms with Gasteiger partial charge in [0.25, 0.3) is 11.7 Å². The SMILES string of the molecule is COc1ccc(/C(O)=C2\C(=O)C(=O)N(Cc3cccnc3)[C@@H]2c2ccc(Cl)cc2)c(C)c1. The Morgan fingerprint density at radius 1 is 1.16 bits per heavy atom. The van der Waals surface area contributed by atoms with Gasteiger partial charge in [-0.05, 0) is 60.0 Å². The van der Waals surface area contributed by atoms with E-state index in [0.717, 1.165) is 11.1 Å². The minimum atomic E-state index is -0.769. The van der Waals surface area contributed by atoms with E-state index in [9.17, 15) is 14.7 Å². The van der Waals surface area contributed by atoms with Gasteiger partial charge in [0.15, 0.2) is 0 Å². The van der Waals surface area contributed by atoms with E-state index in [4.69, 9.17) is 16.3 Å². The van der Waals surface area contributed by atoms with Crippen LogP contribution in [0.4, 0.5) is 0 Å². The lowest BCUT2D eigenvalue weighted by atomic mass is 9.94. The summed E-state index contributed by atoms with van der Waals surface area (Å²) in [6.45, 7) is 1.98. The zero-order valence-corrected chi connectivity index (χ0v) is 18.3. The maximum Gasteiger partial charge on any atom is 0.295 e. The Hall–Kier alpha value is -3.64. The van der Waals surface area contributed by atoms with Crippen LogP contribution in [-0.4, -0.2) is 33.8 Å². The number of likely N-dealkylation sites (tertiary alicyclic amines) is 1. The van der Waals surface area contributed by atoms with Crippen LogP contribution < -0.4 is 4.74 Å². The molecule has 0 unspecified atom stereocenters. The van der Waals surface area contributed by atoms with Crippen molar-refractivity contribution in [2.75, 3.05) is 7.11 Å². The minimum Gasteiger partial charge on any atom is -0.507 e. The van der Waals surface area contributed by atoms with E-state index >= 15 is 0 Å². The number of ketones is 1. The van der Waals surface area contributed by atoms with Gasteiger partial charge in [0.1, 0.15) is 11.5 Å². The topological polar surface area (TPSA) is 79.7 Å². The molecule has 0 bridgehead atoms. The Morgan fingerprint density at radius 2 is 1.91 bits per heavy atom. The monoisotopic (exact) mass is 448 g/mol. The second-order valence-electron chi connectivity index (χ2n) is 7.52. The second kappa shape index (κ2) is 8.85. The summed E-state index contributed by atoms with van der Waals surface area (Å²) >= 11 is 6.06. The van der Waals surface area contributed by atoms with E-state index in [-0.39, 0.29) is 17.9 Å². The van der Waals surface area contributed by atoms with Crippen LogP contribution in [0.2, 0.25) is 5.02 Å². The Kier molecular flexibility index (Phi) is 5.97. The van der Waals surface area contributed by atoms with Crippen LogP contribution in [0.15, 0.2) is 72.6 Å². The zero-order chi connectivity index (χ0) is 22.8. The van der Waals surface area contributed by atoms with Crippen LogP contribution in [0.25, 0.3) is 5.76 Å². The predicted molar refractivity (Wildman–Crippen MR) is 121 cm³/mol. The number of aryl methyl sites for hydroxylation is 1. The molecule has 2 heterocycles. The summed E-state index contributed by atoms with van der Waals surface area (Å²) in [6.07, 6.45) is 3.28. The molecule has 0 spiro atoms. The van der Waals surface area contributed by atoms with Crippen molar-refractivity contribution in [2.24, 2.45) is 0 Å². The number of pyridine rings is 1. The van der Waals surface area contributed by atoms with Gasteiger partial charge in [-0.2, -0.15) is 0 Å². The number of nitrogens with zero attached hydrogens (tertiary/aromatic N) is 2.